The number of aromatic hydroxyl groups is 1. The molecule has 2 heterocycles. The van der Waals surface area contributed by atoms with Crippen LogP contribution < -0.4 is 4.74 Å². The van der Waals surface area contributed by atoms with Gasteiger partial charge >= 0.3 is 0 Å². The first-order valence-electron chi connectivity index (χ1n) is 7.15. The smallest absolute Gasteiger partial charge is 0.213 e. The van der Waals surface area contributed by atoms with Crippen LogP contribution in [-0.4, -0.2) is 38.1 Å². The van der Waals surface area contributed by atoms with E-state index < -0.39 is 0 Å². The number of aromatic amines is 2. The zero-order valence-electron chi connectivity index (χ0n) is 13.0. The minimum atomic E-state index is 0.113. The van der Waals surface area contributed by atoms with Crippen LogP contribution in [0.4, 0.5) is 0 Å². The summed E-state index contributed by atoms with van der Waals surface area (Å²) in [6.45, 7) is 2.35. The van der Waals surface area contributed by atoms with E-state index in [-0.39, 0.29) is 5.75 Å². The van der Waals surface area contributed by atoms with Crippen LogP contribution in [0.15, 0.2) is 42.7 Å². The van der Waals surface area contributed by atoms with Gasteiger partial charge in [0.1, 0.15) is 0 Å². The number of benzene rings is 1. The average Bonchev–Trinajstić information content (AvgIpc) is 3.05. The second kappa shape index (κ2) is 8.59. The van der Waals surface area contributed by atoms with E-state index in [0.29, 0.717) is 17.1 Å². The van der Waals surface area contributed by atoms with Crippen LogP contribution in [0.2, 0.25) is 0 Å². The Morgan fingerprint density at radius 3 is 2.58 bits per heavy atom. The molecule has 0 amide bonds. The third kappa shape index (κ3) is 4.75. The Labute approximate surface area is 143 Å². The fourth-order valence-corrected chi connectivity index (χ4v) is 1.95. The Hall–Kier alpha value is -3.00. The first-order chi connectivity index (χ1) is 11.6. The quantitative estimate of drug-likeness (QED) is 0.429. The molecule has 0 spiro atoms. The van der Waals surface area contributed by atoms with Crippen molar-refractivity contribution in [2.45, 2.75) is 6.92 Å². The molecule has 0 aliphatic carbocycles. The predicted molar refractivity (Wildman–Crippen MR) is 94.2 cm³/mol. The maximum absolute atomic E-state index is 9.26. The number of nitrogens with zero attached hydrogens (tertiary/aromatic N) is 2. The molecule has 0 aliphatic rings. The first-order valence-corrected chi connectivity index (χ1v) is 7.56. The molecule has 0 fully saturated rings. The average molecular weight is 343 g/mol. The molecule has 0 unspecified atom stereocenters. The van der Waals surface area contributed by atoms with E-state index in [4.69, 9.17) is 22.4 Å². The molecule has 0 aliphatic heterocycles. The maximum Gasteiger partial charge on any atom is 0.213 e. The molecule has 4 N–H and O–H groups in total. The molecule has 24 heavy (non-hydrogen) atoms. The van der Waals surface area contributed by atoms with Crippen LogP contribution in [0.1, 0.15) is 12.5 Å². The van der Waals surface area contributed by atoms with Crippen molar-refractivity contribution in [3.05, 3.63) is 53.1 Å². The highest BCUT2D eigenvalue weighted by molar-refractivity contribution is 7.71. The van der Waals surface area contributed by atoms with Crippen molar-refractivity contribution >= 4 is 18.4 Å². The van der Waals surface area contributed by atoms with E-state index in [1.807, 2.05) is 19.1 Å². The predicted octanol–water partition coefficient (Wildman–Crippen LogP) is 3.32. The van der Waals surface area contributed by atoms with Crippen molar-refractivity contribution in [2.75, 3.05) is 6.61 Å². The lowest BCUT2D eigenvalue weighted by molar-refractivity contribution is 0.318. The number of ether oxygens (including phenoxy) is 1. The van der Waals surface area contributed by atoms with Gasteiger partial charge in [0.05, 0.1) is 6.61 Å². The van der Waals surface area contributed by atoms with Crippen molar-refractivity contribution in [3.8, 4) is 22.9 Å². The number of hydrogen-bond acceptors (Lipinski definition) is 6. The van der Waals surface area contributed by atoms with Crippen molar-refractivity contribution in [2.24, 2.45) is 0 Å². The van der Waals surface area contributed by atoms with Crippen LogP contribution in [-0.2, 0) is 0 Å². The Morgan fingerprint density at radius 2 is 2.00 bits per heavy atom. The molecule has 0 atom stereocenters. The Morgan fingerprint density at radius 1 is 1.25 bits per heavy atom. The number of nitrogens with one attached hydrogen (secondary N) is 3. The van der Waals surface area contributed by atoms with E-state index in [0.717, 1.165) is 17.0 Å². The zero-order chi connectivity index (χ0) is 17.4. The molecular weight excluding hydrogens is 326 g/mol. The monoisotopic (exact) mass is 343 g/mol. The van der Waals surface area contributed by atoms with E-state index in [1.165, 1.54) is 12.3 Å². The Kier molecular flexibility index (Phi) is 6.21. The summed E-state index contributed by atoms with van der Waals surface area (Å²) >= 11 is 4.82. The zero-order valence-corrected chi connectivity index (χ0v) is 13.8. The van der Waals surface area contributed by atoms with Crippen LogP contribution >= 0.6 is 12.2 Å². The topological polar surface area (TPSA) is 111 Å². The Bertz CT molecular complexity index is 845. The number of H-pyrrole nitrogens is 2. The van der Waals surface area contributed by atoms with E-state index in [1.54, 1.807) is 24.5 Å². The van der Waals surface area contributed by atoms with Gasteiger partial charge in [0.2, 0.25) is 4.77 Å². The second-order valence-corrected chi connectivity index (χ2v) is 4.94. The normalized spacial score (nSPS) is 9.71. The summed E-state index contributed by atoms with van der Waals surface area (Å²) in [7, 11) is 0. The lowest BCUT2D eigenvalue weighted by Crippen LogP contribution is -1.92. The van der Waals surface area contributed by atoms with Gasteiger partial charge in [-0.15, -0.1) is 0 Å². The highest BCUT2D eigenvalue weighted by Crippen LogP contribution is 2.25. The highest BCUT2D eigenvalue weighted by atomic mass is 32.1. The standard InChI is InChI=1S/C9H11NO2.C7H6N4S/c1-2-12-9-5-7(6-10)3-4-8(9)11;12-7-9-6(10-11-7)5-1-3-8-4-2-5/h3-6,10-11H,2H2,1H3;1-4H,(H2,9,10,11,12). The summed E-state index contributed by atoms with van der Waals surface area (Å²) in [5.74, 6) is 1.28. The number of rotatable bonds is 4. The van der Waals surface area contributed by atoms with Crippen LogP contribution in [0, 0.1) is 10.2 Å². The third-order valence-corrected chi connectivity index (χ3v) is 3.10. The molecule has 0 bridgehead atoms. The SMILES string of the molecule is CCOc1cc(C=N)ccc1O.S=c1nc(-c2ccncc2)[nH][nH]1. The third-order valence-electron chi connectivity index (χ3n) is 2.91. The van der Waals surface area contributed by atoms with E-state index in [2.05, 4.69) is 20.2 Å². The summed E-state index contributed by atoms with van der Waals surface area (Å²) in [6, 6.07) is 8.53. The van der Waals surface area contributed by atoms with Crippen molar-refractivity contribution in [3.63, 3.8) is 0 Å². The Balaban J connectivity index is 0.000000174. The largest absolute Gasteiger partial charge is 0.504 e. The minimum Gasteiger partial charge on any atom is -0.504 e. The lowest BCUT2D eigenvalue weighted by atomic mass is 10.2. The highest BCUT2D eigenvalue weighted by Gasteiger charge is 2.01. The fourth-order valence-electron chi connectivity index (χ4n) is 1.81. The summed E-state index contributed by atoms with van der Waals surface area (Å²) in [5.41, 5.74) is 1.69. The van der Waals surface area contributed by atoms with E-state index in [9.17, 15) is 5.11 Å². The summed E-state index contributed by atoms with van der Waals surface area (Å²) in [4.78, 5) is 7.96. The summed E-state index contributed by atoms with van der Waals surface area (Å²) < 4.78 is 5.59. The van der Waals surface area contributed by atoms with Gasteiger partial charge in [0.15, 0.2) is 17.3 Å². The molecule has 0 saturated carbocycles. The van der Waals surface area contributed by atoms with Crippen molar-refractivity contribution < 1.29 is 9.84 Å². The van der Waals surface area contributed by atoms with Gasteiger partial charge in [-0.05, 0) is 55.0 Å². The van der Waals surface area contributed by atoms with Crippen molar-refractivity contribution in [1.82, 2.24) is 20.2 Å². The summed E-state index contributed by atoms with van der Waals surface area (Å²) in [5, 5.41) is 21.8. The van der Waals surface area contributed by atoms with Gasteiger partial charge in [0, 0.05) is 24.2 Å². The molecule has 124 valence electrons. The molecule has 0 saturated heterocycles. The van der Waals surface area contributed by atoms with E-state index >= 15 is 0 Å². The van der Waals surface area contributed by atoms with Crippen LogP contribution in [0.25, 0.3) is 11.4 Å². The summed E-state index contributed by atoms with van der Waals surface area (Å²) in [6.07, 6.45) is 4.63. The van der Waals surface area contributed by atoms with Crippen LogP contribution in [0.3, 0.4) is 0 Å². The van der Waals surface area contributed by atoms with Gasteiger partial charge < -0.3 is 15.3 Å². The molecular formula is C16H17N5O2S. The fraction of sp³-hybridized carbons (Fsp3) is 0.125. The van der Waals surface area contributed by atoms with Crippen molar-refractivity contribution in [1.29, 1.82) is 5.41 Å². The number of pyridine rings is 1. The lowest BCUT2D eigenvalue weighted by Gasteiger charge is -2.05. The second-order valence-electron chi connectivity index (χ2n) is 4.56. The number of phenolic OH excluding ortho intramolecular Hbond substituents is 1. The number of phenols is 1. The van der Waals surface area contributed by atoms with Gasteiger partial charge in [-0.2, -0.15) is 4.98 Å². The van der Waals surface area contributed by atoms with Gasteiger partial charge in [-0.1, -0.05) is 0 Å². The maximum atomic E-state index is 9.26. The molecule has 1 aromatic carbocycles. The van der Waals surface area contributed by atoms with Gasteiger partial charge in [-0.3, -0.25) is 15.2 Å². The molecule has 7 nitrogen and oxygen atoms in total. The van der Waals surface area contributed by atoms with Gasteiger partial charge in [0.25, 0.3) is 0 Å². The first kappa shape index (κ1) is 17.4. The number of hydrogen-bond donors (Lipinski definition) is 4. The molecule has 3 rings (SSSR count). The molecule has 3 aromatic rings. The molecule has 2 aromatic heterocycles. The number of aromatic nitrogens is 4. The van der Waals surface area contributed by atoms with Gasteiger partial charge in [-0.25, -0.2) is 0 Å². The molecule has 8 heteroatoms. The molecule has 0 radical (unpaired) electrons. The van der Waals surface area contributed by atoms with Crippen LogP contribution in [0.5, 0.6) is 11.5 Å². The minimum absolute atomic E-state index is 0.113.